The first-order chi connectivity index (χ1) is 15.8. The highest BCUT2D eigenvalue weighted by atomic mass is 16.2. The van der Waals surface area contributed by atoms with Crippen molar-refractivity contribution in [3.63, 3.8) is 0 Å². The molecule has 0 unspecified atom stereocenters. The van der Waals surface area contributed by atoms with Crippen molar-refractivity contribution >= 4 is 29.2 Å². The summed E-state index contributed by atoms with van der Waals surface area (Å²) in [5, 5.41) is 10.3. The van der Waals surface area contributed by atoms with E-state index in [-0.39, 0.29) is 24.4 Å². The number of amides is 3. The van der Waals surface area contributed by atoms with Gasteiger partial charge in [-0.05, 0) is 29.8 Å². The maximum absolute atomic E-state index is 13.3. The van der Waals surface area contributed by atoms with Crippen LogP contribution in [-0.2, 0) is 16.0 Å². The van der Waals surface area contributed by atoms with Crippen molar-refractivity contribution in [2.24, 2.45) is 11.5 Å². The minimum Gasteiger partial charge on any atom is -0.384 e. The van der Waals surface area contributed by atoms with Crippen molar-refractivity contribution in [1.29, 1.82) is 5.41 Å². The standard InChI is InChI=1S/C25H25N5O3/c26-23(27)18-10-7-11-19(15-18)25(33)30(20-12-5-2-6-13-20)16-22(31)29-21(24(28)32)14-17-8-3-1-4-9-17/h1-13,15,21H,14,16H2,(H3,26,27)(H2,28,32)(H,29,31)/t21-/m1/s1. The van der Waals surface area contributed by atoms with E-state index in [2.05, 4.69) is 5.32 Å². The minimum absolute atomic E-state index is 0.168. The summed E-state index contributed by atoms with van der Waals surface area (Å²) >= 11 is 0. The van der Waals surface area contributed by atoms with Crippen LogP contribution in [0.3, 0.4) is 0 Å². The zero-order chi connectivity index (χ0) is 23.8. The summed E-state index contributed by atoms with van der Waals surface area (Å²) in [6.45, 7) is -0.328. The fraction of sp³-hybridized carbons (Fsp3) is 0.120. The first-order valence-corrected chi connectivity index (χ1v) is 10.3. The molecule has 3 rings (SSSR count). The molecule has 0 saturated carbocycles. The molecule has 3 aromatic carbocycles. The fourth-order valence-corrected chi connectivity index (χ4v) is 3.32. The lowest BCUT2D eigenvalue weighted by atomic mass is 10.1. The molecule has 0 aromatic heterocycles. The molecule has 0 aliphatic rings. The molecule has 0 bridgehead atoms. The number of carbonyl (C=O) groups excluding carboxylic acids is 3. The Hall–Kier alpha value is -4.46. The van der Waals surface area contributed by atoms with E-state index < -0.39 is 23.8 Å². The predicted molar refractivity (Wildman–Crippen MR) is 127 cm³/mol. The predicted octanol–water partition coefficient (Wildman–Crippen LogP) is 1.83. The smallest absolute Gasteiger partial charge is 0.258 e. The molecule has 0 aliphatic carbocycles. The number of anilines is 1. The van der Waals surface area contributed by atoms with Crippen LogP contribution < -0.4 is 21.7 Å². The summed E-state index contributed by atoms with van der Waals surface area (Å²) in [5.41, 5.74) is 13.1. The van der Waals surface area contributed by atoms with Crippen molar-refractivity contribution in [1.82, 2.24) is 5.32 Å². The number of para-hydroxylation sites is 1. The van der Waals surface area contributed by atoms with Crippen LogP contribution >= 0.6 is 0 Å². The maximum Gasteiger partial charge on any atom is 0.258 e. The summed E-state index contributed by atoms with van der Waals surface area (Å²) in [7, 11) is 0. The van der Waals surface area contributed by atoms with E-state index in [4.69, 9.17) is 16.9 Å². The quantitative estimate of drug-likeness (QED) is 0.296. The molecule has 168 valence electrons. The number of nitrogens with one attached hydrogen (secondary N) is 2. The Balaban J connectivity index is 1.82. The largest absolute Gasteiger partial charge is 0.384 e. The van der Waals surface area contributed by atoms with Gasteiger partial charge in [0, 0.05) is 23.2 Å². The van der Waals surface area contributed by atoms with Gasteiger partial charge < -0.3 is 16.8 Å². The number of amidine groups is 1. The van der Waals surface area contributed by atoms with Crippen LogP contribution in [0, 0.1) is 5.41 Å². The number of nitrogens with zero attached hydrogens (tertiary/aromatic N) is 1. The number of nitrogens with two attached hydrogens (primary N) is 2. The fourth-order valence-electron chi connectivity index (χ4n) is 3.32. The Morgan fingerprint density at radius 3 is 2.06 bits per heavy atom. The average molecular weight is 444 g/mol. The lowest BCUT2D eigenvalue weighted by Gasteiger charge is -2.24. The van der Waals surface area contributed by atoms with Gasteiger partial charge in [-0.2, -0.15) is 0 Å². The number of primary amides is 1. The Bertz CT molecular complexity index is 1150. The van der Waals surface area contributed by atoms with Crippen LogP contribution in [0.15, 0.2) is 84.9 Å². The highest BCUT2D eigenvalue weighted by Crippen LogP contribution is 2.18. The Morgan fingerprint density at radius 1 is 0.848 bits per heavy atom. The van der Waals surface area contributed by atoms with Crippen LogP contribution in [-0.4, -0.2) is 36.1 Å². The highest BCUT2D eigenvalue weighted by Gasteiger charge is 2.24. The molecule has 0 spiro atoms. The van der Waals surface area contributed by atoms with E-state index in [1.807, 2.05) is 30.3 Å². The third-order valence-corrected chi connectivity index (χ3v) is 5.00. The minimum atomic E-state index is -0.923. The molecule has 33 heavy (non-hydrogen) atoms. The SMILES string of the molecule is N=C(N)c1cccc(C(=O)N(CC(=O)N[C@H](Cc2ccccc2)C(N)=O)c2ccccc2)c1. The topological polar surface area (TPSA) is 142 Å². The van der Waals surface area contributed by atoms with Gasteiger partial charge in [0.25, 0.3) is 5.91 Å². The van der Waals surface area contributed by atoms with Crippen LogP contribution in [0.25, 0.3) is 0 Å². The molecule has 0 fully saturated rings. The monoisotopic (exact) mass is 443 g/mol. The second-order valence-electron chi connectivity index (χ2n) is 7.43. The summed E-state index contributed by atoms with van der Waals surface area (Å²) in [6.07, 6.45) is 0.238. The van der Waals surface area contributed by atoms with E-state index in [9.17, 15) is 14.4 Å². The Labute approximate surface area is 191 Å². The van der Waals surface area contributed by atoms with Gasteiger partial charge in [-0.3, -0.25) is 24.7 Å². The van der Waals surface area contributed by atoms with Crippen molar-refractivity contribution in [2.75, 3.05) is 11.4 Å². The van der Waals surface area contributed by atoms with Gasteiger partial charge in [-0.25, -0.2) is 0 Å². The molecule has 8 heteroatoms. The van der Waals surface area contributed by atoms with Gasteiger partial charge in [-0.15, -0.1) is 0 Å². The van der Waals surface area contributed by atoms with E-state index in [1.54, 1.807) is 48.5 Å². The van der Waals surface area contributed by atoms with E-state index in [0.29, 0.717) is 11.3 Å². The van der Waals surface area contributed by atoms with Gasteiger partial charge in [0.2, 0.25) is 11.8 Å². The van der Waals surface area contributed by atoms with Crippen molar-refractivity contribution < 1.29 is 14.4 Å². The Kier molecular flexibility index (Phi) is 7.54. The number of rotatable bonds is 9. The lowest BCUT2D eigenvalue weighted by molar-refractivity contribution is -0.126. The van der Waals surface area contributed by atoms with Crippen LogP contribution in [0.1, 0.15) is 21.5 Å². The van der Waals surface area contributed by atoms with Gasteiger partial charge in [-0.1, -0.05) is 60.7 Å². The zero-order valence-electron chi connectivity index (χ0n) is 17.9. The number of hydrogen-bond donors (Lipinski definition) is 4. The third kappa shape index (κ3) is 6.27. The van der Waals surface area contributed by atoms with Gasteiger partial charge in [0.15, 0.2) is 0 Å². The molecule has 0 aliphatic heterocycles. The van der Waals surface area contributed by atoms with Crippen LogP contribution in [0.4, 0.5) is 5.69 Å². The molecule has 8 nitrogen and oxygen atoms in total. The lowest BCUT2D eigenvalue weighted by Crippen LogP contribution is -2.50. The van der Waals surface area contributed by atoms with Crippen LogP contribution in [0.2, 0.25) is 0 Å². The molecule has 3 amide bonds. The molecule has 1 atom stereocenters. The molecule has 0 saturated heterocycles. The zero-order valence-corrected chi connectivity index (χ0v) is 17.9. The summed E-state index contributed by atoms with van der Waals surface area (Å²) in [6, 6.07) is 23.3. The summed E-state index contributed by atoms with van der Waals surface area (Å²) in [4.78, 5) is 39.4. The summed E-state index contributed by atoms with van der Waals surface area (Å²) < 4.78 is 0. The first-order valence-electron chi connectivity index (χ1n) is 10.3. The second kappa shape index (κ2) is 10.7. The van der Waals surface area contributed by atoms with E-state index >= 15 is 0 Å². The first kappa shape index (κ1) is 23.2. The van der Waals surface area contributed by atoms with Gasteiger partial charge in [0.05, 0.1) is 0 Å². The molecule has 0 radical (unpaired) electrons. The van der Waals surface area contributed by atoms with E-state index in [1.165, 1.54) is 11.0 Å². The van der Waals surface area contributed by atoms with E-state index in [0.717, 1.165) is 5.56 Å². The number of nitrogen functional groups attached to an aromatic ring is 1. The number of benzene rings is 3. The molecule has 6 N–H and O–H groups in total. The van der Waals surface area contributed by atoms with Crippen molar-refractivity contribution in [3.8, 4) is 0 Å². The van der Waals surface area contributed by atoms with Gasteiger partial charge in [0.1, 0.15) is 18.4 Å². The van der Waals surface area contributed by atoms with Crippen molar-refractivity contribution in [2.45, 2.75) is 12.5 Å². The molecular formula is C25H25N5O3. The van der Waals surface area contributed by atoms with Crippen LogP contribution in [0.5, 0.6) is 0 Å². The maximum atomic E-state index is 13.3. The average Bonchev–Trinajstić information content (AvgIpc) is 2.83. The normalized spacial score (nSPS) is 11.3. The second-order valence-corrected chi connectivity index (χ2v) is 7.43. The number of hydrogen-bond acceptors (Lipinski definition) is 4. The molecular weight excluding hydrogens is 418 g/mol. The van der Waals surface area contributed by atoms with Gasteiger partial charge >= 0.3 is 0 Å². The summed E-state index contributed by atoms with van der Waals surface area (Å²) in [5.74, 6) is -1.81. The third-order valence-electron chi connectivity index (χ3n) is 5.00. The van der Waals surface area contributed by atoms with Crippen molar-refractivity contribution in [3.05, 3.63) is 102 Å². The molecule has 3 aromatic rings. The Morgan fingerprint density at radius 2 is 1.45 bits per heavy atom. The molecule has 0 heterocycles. The highest BCUT2D eigenvalue weighted by molar-refractivity contribution is 6.10. The number of carbonyl (C=O) groups is 3.